The maximum absolute atomic E-state index is 11.6. The third-order valence-electron chi connectivity index (χ3n) is 2.81. The molecule has 0 aliphatic carbocycles. The molecule has 0 saturated carbocycles. The van der Waals surface area contributed by atoms with Crippen LogP contribution in [-0.4, -0.2) is 30.3 Å². The molecule has 1 N–H and O–H groups in total. The summed E-state index contributed by atoms with van der Waals surface area (Å²) in [7, 11) is 2.70. The van der Waals surface area contributed by atoms with Gasteiger partial charge in [0.15, 0.2) is 0 Å². The first-order valence-corrected chi connectivity index (χ1v) is 6.06. The van der Waals surface area contributed by atoms with E-state index in [1.807, 2.05) is 0 Å². The number of benzene rings is 1. The van der Waals surface area contributed by atoms with Gasteiger partial charge in [0.25, 0.3) is 0 Å². The summed E-state index contributed by atoms with van der Waals surface area (Å²) >= 11 is 6.08. The Morgan fingerprint density at radius 3 is 2.65 bits per heavy atom. The summed E-state index contributed by atoms with van der Waals surface area (Å²) in [5, 5.41) is 10.7. The van der Waals surface area contributed by atoms with Crippen LogP contribution >= 0.6 is 11.6 Å². The van der Waals surface area contributed by atoms with Crippen molar-refractivity contribution < 1.29 is 19.4 Å². The van der Waals surface area contributed by atoms with Gasteiger partial charge in [-0.3, -0.25) is 4.98 Å². The lowest BCUT2D eigenvalue weighted by atomic mass is 10.0. The molecule has 20 heavy (non-hydrogen) atoms. The summed E-state index contributed by atoms with van der Waals surface area (Å²) in [5.74, 6) is -0.496. The van der Waals surface area contributed by atoms with Crippen LogP contribution in [0.2, 0.25) is 5.02 Å². The zero-order valence-corrected chi connectivity index (χ0v) is 11.6. The van der Waals surface area contributed by atoms with E-state index in [0.29, 0.717) is 21.9 Å². The summed E-state index contributed by atoms with van der Waals surface area (Å²) < 4.78 is 9.84. The van der Waals surface area contributed by atoms with Crippen LogP contribution in [0.15, 0.2) is 30.6 Å². The van der Waals surface area contributed by atoms with Gasteiger partial charge in [0, 0.05) is 18.0 Å². The number of rotatable bonds is 3. The van der Waals surface area contributed by atoms with E-state index in [4.69, 9.17) is 16.3 Å². The Bertz CT molecular complexity index is 658. The van der Waals surface area contributed by atoms with Crippen molar-refractivity contribution in [2.45, 2.75) is 0 Å². The number of phenols is 1. The molecule has 2 rings (SSSR count). The van der Waals surface area contributed by atoms with Crippen LogP contribution in [0.5, 0.6) is 11.5 Å². The average Bonchev–Trinajstić information content (AvgIpc) is 2.47. The molecular formula is C14H12ClNO4. The van der Waals surface area contributed by atoms with Crippen molar-refractivity contribution in [2.24, 2.45) is 0 Å². The molecule has 0 fully saturated rings. The predicted molar refractivity (Wildman–Crippen MR) is 74.2 cm³/mol. The monoisotopic (exact) mass is 293 g/mol. The molecule has 5 nitrogen and oxygen atoms in total. The van der Waals surface area contributed by atoms with Crippen molar-refractivity contribution in [2.75, 3.05) is 14.2 Å². The Labute approximate surface area is 120 Å². The Morgan fingerprint density at radius 2 is 2.05 bits per heavy atom. The normalized spacial score (nSPS) is 10.2. The summed E-state index contributed by atoms with van der Waals surface area (Å²) in [6.07, 6.45) is 2.98. The fourth-order valence-electron chi connectivity index (χ4n) is 1.86. The van der Waals surface area contributed by atoms with Crippen molar-refractivity contribution in [3.05, 3.63) is 41.2 Å². The number of nitrogens with zero attached hydrogens (tertiary/aromatic N) is 1. The highest BCUT2D eigenvalue weighted by atomic mass is 35.5. The number of aromatic nitrogens is 1. The Balaban J connectivity index is 2.73. The topological polar surface area (TPSA) is 68.7 Å². The zero-order chi connectivity index (χ0) is 14.7. The van der Waals surface area contributed by atoms with E-state index in [0.717, 1.165) is 0 Å². The number of ether oxygens (including phenoxy) is 2. The number of esters is 1. The third-order valence-corrected chi connectivity index (χ3v) is 3.11. The summed E-state index contributed by atoms with van der Waals surface area (Å²) in [4.78, 5) is 15.5. The first-order valence-electron chi connectivity index (χ1n) is 5.68. The molecule has 0 unspecified atom stereocenters. The minimum absolute atomic E-state index is 0.0381. The highest BCUT2D eigenvalue weighted by Crippen LogP contribution is 2.42. The molecule has 0 aliphatic rings. The van der Waals surface area contributed by atoms with Crippen LogP contribution in [0.1, 0.15) is 10.4 Å². The van der Waals surface area contributed by atoms with Crippen molar-refractivity contribution in [1.29, 1.82) is 0 Å². The first kappa shape index (κ1) is 14.1. The number of pyridine rings is 1. The van der Waals surface area contributed by atoms with Gasteiger partial charge in [0.2, 0.25) is 0 Å². The molecule has 0 bridgehead atoms. The lowest BCUT2D eigenvalue weighted by Gasteiger charge is -2.14. The van der Waals surface area contributed by atoms with E-state index >= 15 is 0 Å². The lowest BCUT2D eigenvalue weighted by Crippen LogP contribution is -2.03. The molecular weight excluding hydrogens is 282 g/mol. The maximum Gasteiger partial charge on any atom is 0.341 e. The smallest absolute Gasteiger partial charge is 0.341 e. The number of hydrogen-bond donors (Lipinski definition) is 1. The van der Waals surface area contributed by atoms with Crippen LogP contribution in [0.4, 0.5) is 0 Å². The Kier molecular flexibility index (Phi) is 4.10. The van der Waals surface area contributed by atoms with Gasteiger partial charge >= 0.3 is 5.97 Å². The van der Waals surface area contributed by atoms with E-state index in [1.165, 1.54) is 32.7 Å². The number of aromatic hydroxyl groups is 1. The van der Waals surface area contributed by atoms with Crippen LogP contribution in [0.25, 0.3) is 11.1 Å². The van der Waals surface area contributed by atoms with Crippen molar-refractivity contribution in [1.82, 2.24) is 4.98 Å². The predicted octanol–water partition coefficient (Wildman–Crippen LogP) is 2.90. The van der Waals surface area contributed by atoms with Crippen molar-refractivity contribution in [3.8, 4) is 22.6 Å². The number of carbonyl (C=O) groups is 1. The molecule has 1 aromatic heterocycles. The largest absolute Gasteiger partial charge is 0.506 e. The molecule has 0 aliphatic heterocycles. The minimum atomic E-state index is -0.642. The van der Waals surface area contributed by atoms with E-state index in [-0.39, 0.29) is 11.3 Å². The van der Waals surface area contributed by atoms with E-state index in [9.17, 15) is 9.90 Å². The van der Waals surface area contributed by atoms with Gasteiger partial charge in [-0.25, -0.2) is 4.79 Å². The van der Waals surface area contributed by atoms with Gasteiger partial charge in [0.1, 0.15) is 17.1 Å². The average molecular weight is 294 g/mol. The summed E-state index contributed by atoms with van der Waals surface area (Å²) in [6, 6.07) is 4.62. The highest BCUT2D eigenvalue weighted by molar-refractivity contribution is 6.33. The second-order valence-electron chi connectivity index (χ2n) is 3.89. The Hall–Kier alpha value is -2.27. The molecule has 0 spiro atoms. The molecule has 0 radical (unpaired) electrons. The Morgan fingerprint density at radius 1 is 1.30 bits per heavy atom. The number of halogens is 1. The number of hydrogen-bond acceptors (Lipinski definition) is 5. The fraction of sp³-hybridized carbons (Fsp3) is 0.143. The molecule has 1 heterocycles. The molecule has 1 aromatic carbocycles. The number of carbonyl (C=O) groups excluding carboxylic acids is 1. The first-order chi connectivity index (χ1) is 9.60. The molecule has 6 heteroatoms. The third kappa shape index (κ3) is 2.40. The number of methoxy groups -OCH3 is 2. The van der Waals surface area contributed by atoms with Gasteiger partial charge in [-0.2, -0.15) is 0 Å². The van der Waals surface area contributed by atoms with Gasteiger partial charge < -0.3 is 14.6 Å². The molecule has 2 aromatic rings. The molecule has 0 amide bonds. The number of phenolic OH excluding ortho intramolecular Hbond substituents is 1. The van der Waals surface area contributed by atoms with Crippen molar-refractivity contribution >= 4 is 17.6 Å². The second-order valence-corrected chi connectivity index (χ2v) is 4.29. The van der Waals surface area contributed by atoms with Gasteiger partial charge in [0.05, 0.1) is 24.8 Å². The SMILES string of the molecule is COC(=O)c1ccc(OC)c(-c2ccncc2Cl)c1O. The maximum atomic E-state index is 11.6. The molecule has 0 atom stereocenters. The van der Waals surface area contributed by atoms with E-state index < -0.39 is 5.97 Å². The van der Waals surface area contributed by atoms with Crippen LogP contribution in [0, 0.1) is 0 Å². The van der Waals surface area contributed by atoms with Gasteiger partial charge in [-0.1, -0.05) is 11.6 Å². The highest BCUT2D eigenvalue weighted by Gasteiger charge is 2.21. The molecule has 0 saturated heterocycles. The quantitative estimate of drug-likeness (QED) is 0.881. The van der Waals surface area contributed by atoms with Gasteiger partial charge in [-0.15, -0.1) is 0 Å². The second kappa shape index (κ2) is 5.79. The zero-order valence-electron chi connectivity index (χ0n) is 10.9. The lowest BCUT2D eigenvalue weighted by molar-refractivity contribution is 0.0597. The van der Waals surface area contributed by atoms with E-state index in [1.54, 1.807) is 12.1 Å². The van der Waals surface area contributed by atoms with Crippen molar-refractivity contribution in [3.63, 3.8) is 0 Å². The van der Waals surface area contributed by atoms with Gasteiger partial charge in [-0.05, 0) is 18.2 Å². The minimum Gasteiger partial charge on any atom is -0.506 e. The van der Waals surface area contributed by atoms with Crippen LogP contribution < -0.4 is 4.74 Å². The summed E-state index contributed by atoms with van der Waals surface area (Å²) in [6.45, 7) is 0. The molecule has 104 valence electrons. The van der Waals surface area contributed by atoms with E-state index in [2.05, 4.69) is 9.72 Å². The summed E-state index contributed by atoms with van der Waals surface area (Å²) in [5.41, 5.74) is 0.876. The fourth-order valence-corrected chi connectivity index (χ4v) is 2.07. The standard InChI is InChI=1S/C14H12ClNO4/c1-19-11-4-3-9(14(18)20-2)13(17)12(11)8-5-6-16-7-10(8)15/h3-7,17H,1-2H3. The van der Waals surface area contributed by atoms with Crippen LogP contribution in [-0.2, 0) is 4.74 Å². The van der Waals surface area contributed by atoms with Crippen LogP contribution in [0.3, 0.4) is 0 Å².